The summed E-state index contributed by atoms with van der Waals surface area (Å²) in [6, 6.07) is 0.142. The van der Waals surface area contributed by atoms with Crippen LogP contribution in [0.1, 0.15) is 20.3 Å². The molecule has 96 valence electrons. The topological polar surface area (TPSA) is 15.6 Å². The predicted molar refractivity (Wildman–Crippen MR) is 80.7 cm³/mol. The monoisotopic (exact) mass is 242 g/mol. The average molecular weight is 242 g/mol. The van der Waals surface area contributed by atoms with E-state index in [9.17, 15) is 0 Å². The second kappa shape index (κ2) is 6.80. The minimum atomic E-state index is 0.142. The molecule has 0 aromatic rings. The zero-order chi connectivity index (χ0) is 13.5. The molecular weight excluding hydrogens is 220 g/mol. The lowest BCUT2D eigenvalue weighted by atomic mass is 9.96. The van der Waals surface area contributed by atoms with Crippen LogP contribution < -0.4 is 0 Å². The Morgan fingerprint density at radius 1 is 1.50 bits per heavy atom. The van der Waals surface area contributed by atoms with Gasteiger partial charge in [0.1, 0.15) is 0 Å². The van der Waals surface area contributed by atoms with Crippen molar-refractivity contribution in [3.8, 4) is 0 Å². The van der Waals surface area contributed by atoms with Crippen molar-refractivity contribution in [2.75, 3.05) is 7.05 Å². The van der Waals surface area contributed by atoms with Crippen molar-refractivity contribution in [3.05, 3.63) is 60.5 Å². The largest absolute Gasteiger partial charge is 0.368 e. The number of likely N-dealkylation sites (N-methyl/N-ethyl adjacent to an activating group) is 1. The van der Waals surface area contributed by atoms with Gasteiger partial charge in [-0.2, -0.15) is 0 Å². The van der Waals surface area contributed by atoms with Gasteiger partial charge in [-0.3, -0.25) is 4.99 Å². The normalized spacial score (nSPS) is 20.7. The van der Waals surface area contributed by atoms with Gasteiger partial charge in [-0.05, 0) is 36.8 Å². The first-order valence-corrected chi connectivity index (χ1v) is 6.23. The predicted octanol–water partition coefficient (Wildman–Crippen LogP) is 3.87. The number of nitrogens with zero attached hydrogens (tertiary/aromatic N) is 2. The molecule has 1 aliphatic rings. The SMILES string of the molecule is C=CC=N/C(=C(\C)CC)C1C(C=C)=CC=CN1C. The highest BCUT2D eigenvalue weighted by Gasteiger charge is 2.23. The molecule has 0 spiro atoms. The maximum Gasteiger partial charge on any atom is 0.0957 e. The van der Waals surface area contributed by atoms with Crippen molar-refractivity contribution < 1.29 is 0 Å². The molecule has 0 amide bonds. The third-order valence-corrected chi connectivity index (χ3v) is 3.11. The molecule has 0 fully saturated rings. The van der Waals surface area contributed by atoms with E-state index in [1.54, 1.807) is 12.3 Å². The zero-order valence-corrected chi connectivity index (χ0v) is 11.6. The van der Waals surface area contributed by atoms with Gasteiger partial charge in [0.25, 0.3) is 0 Å². The highest BCUT2D eigenvalue weighted by Crippen LogP contribution is 2.26. The molecule has 1 heterocycles. The molecule has 0 saturated carbocycles. The van der Waals surface area contributed by atoms with E-state index in [4.69, 9.17) is 0 Å². The zero-order valence-electron chi connectivity index (χ0n) is 11.6. The fraction of sp³-hybridized carbons (Fsp3) is 0.312. The number of allylic oxidation sites excluding steroid dienone is 4. The molecule has 0 aromatic carbocycles. The second-order valence-corrected chi connectivity index (χ2v) is 4.31. The van der Waals surface area contributed by atoms with E-state index < -0.39 is 0 Å². The number of rotatable bonds is 5. The quantitative estimate of drug-likeness (QED) is 0.668. The molecule has 0 aromatic heterocycles. The molecular formula is C16H22N2. The lowest BCUT2D eigenvalue weighted by Gasteiger charge is -2.31. The van der Waals surface area contributed by atoms with E-state index in [2.05, 4.69) is 56.2 Å². The van der Waals surface area contributed by atoms with Crippen LogP contribution in [0.15, 0.2) is 65.5 Å². The summed E-state index contributed by atoms with van der Waals surface area (Å²) >= 11 is 0. The molecule has 1 rings (SSSR count). The molecule has 0 bridgehead atoms. The Morgan fingerprint density at radius 2 is 2.22 bits per heavy atom. The standard InChI is InChI=1S/C16H22N2/c1-6-11-17-15(13(4)7-2)16-14(8-3)10-9-12-18(16)5/h6,8-12,16H,1,3,7H2,2,4-5H3/b15-13+,17-11?. The molecule has 2 nitrogen and oxygen atoms in total. The van der Waals surface area contributed by atoms with Crippen LogP contribution in [0.5, 0.6) is 0 Å². The summed E-state index contributed by atoms with van der Waals surface area (Å²) in [4.78, 5) is 6.72. The first kappa shape index (κ1) is 14.2. The van der Waals surface area contributed by atoms with Gasteiger partial charge in [-0.1, -0.05) is 38.3 Å². The van der Waals surface area contributed by atoms with Gasteiger partial charge in [0.05, 0.1) is 11.7 Å². The smallest absolute Gasteiger partial charge is 0.0957 e. The van der Waals surface area contributed by atoms with Crippen LogP contribution in [0.4, 0.5) is 0 Å². The minimum absolute atomic E-state index is 0.142. The highest BCUT2D eigenvalue weighted by molar-refractivity contribution is 5.71. The second-order valence-electron chi connectivity index (χ2n) is 4.31. The number of aliphatic imine (C=N–C) groups is 1. The van der Waals surface area contributed by atoms with Gasteiger partial charge >= 0.3 is 0 Å². The van der Waals surface area contributed by atoms with E-state index in [-0.39, 0.29) is 6.04 Å². The lowest BCUT2D eigenvalue weighted by molar-refractivity contribution is 0.403. The minimum Gasteiger partial charge on any atom is -0.368 e. The number of hydrogen-bond acceptors (Lipinski definition) is 2. The fourth-order valence-electron chi connectivity index (χ4n) is 1.96. The summed E-state index contributed by atoms with van der Waals surface area (Å²) in [5.74, 6) is 0. The molecule has 1 atom stereocenters. The Balaban J connectivity index is 3.24. The van der Waals surface area contributed by atoms with Gasteiger partial charge in [0, 0.05) is 13.3 Å². The summed E-state index contributed by atoms with van der Waals surface area (Å²) in [5, 5.41) is 0. The van der Waals surface area contributed by atoms with Crippen LogP contribution in [-0.2, 0) is 0 Å². The van der Waals surface area contributed by atoms with Crippen LogP contribution in [-0.4, -0.2) is 24.2 Å². The molecule has 1 aliphatic heterocycles. The summed E-state index contributed by atoms with van der Waals surface area (Å²) in [6.07, 6.45) is 12.5. The summed E-state index contributed by atoms with van der Waals surface area (Å²) in [7, 11) is 2.06. The van der Waals surface area contributed by atoms with Gasteiger partial charge < -0.3 is 4.90 Å². The Kier molecular flexibility index (Phi) is 5.37. The Labute approximate surface area is 110 Å². The Morgan fingerprint density at radius 3 is 2.78 bits per heavy atom. The van der Waals surface area contributed by atoms with Crippen molar-refractivity contribution in [2.45, 2.75) is 26.3 Å². The fourth-order valence-corrected chi connectivity index (χ4v) is 1.96. The van der Waals surface area contributed by atoms with Crippen LogP contribution in [0.2, 0.25) is 0 Å². The first-order chi connectivity index (χ1) is 8.65. The van der Waals surface area contributed by atoms with Crippen LogP contribution in [0.25, 0.3) is 0 Å². The molecule has 18 heavy (non-hydrogen) atoms. The summed E-state index contributed by atoms with van der Waals surface area (Å²) in [5.41, 5.74) is 3.53. The summed E-state index contributed by atoms with van der Waals surface area (Å²) < 4.78 is 0. The van der Waals surface area contributed by atoms with Crippen molar-refractivity contribution in [3.63, 3.8) is 0 Å². The molecule has 0 saturated heterocycles. The van der Waals surface area contributed by atoms with Crippen LogP contribution in [0.3, 0.4) is 0 Å². The van der Waals surface area contributed by atoms with Crippen LogP contribution in [0, 0.1) is 0 Å². The van der Waals surface area contributed by atoms with Crippen LogP contribution >= 0.6 is 0 Å². The van der Waals surface area contributed by atoms with E-state index in [1.807, 2.05) is 12.2 Å². The van der Waals surface area contributed by atoms with Gasteiger partial charge in [-0.15, -0.1) is 0 Å². The average Bonchev–Trinajstić information content (AvgIpc) is 2.39. The lowest BCUT2D eigenvalue weighted by Crippen LogP contribution is -2.32. The highest BCUT2D eigenvalue weighted by atomic mass is 15.1. The Hall–Kier alpha value is -1.83. The first-order valence-electron chi connectivity index (χ1n) is 6.23. The molecule has 0 N–H and O–H groups in total. The van der Waals surface area contributed by atoms with Crippen molar-refractivity contribution in [2.24, 2.45) is 4.99 Å². The van der Waals surface area contributed by atoms with E-state index in [0.717, 1.165) is 12.1 Å². The van der Waals surface area contributed by atoms with Crippen molar-refractivity contribution >= 4 is 6.21 Å². The van der Waals surface area contributed by atoms with Crippen molar-refractivity contribution in [1.82, 2.24) is 4.90 Å². The van der Waals surface area contributed by atoms with E-state index in [1.165, 1.54) is 11.1 Å². The maximum absolute atomic E-state index is 4.56. The molecule has 1 unspecified atom stereocenters. The molecule has 2 heteroatoms. The van der Waals surface area contributed by atoms with E-state index in [0.29, 0.717) is 0 Å². The third-order valence-electron chi connectivity index (χ3n) is 3.11. The Bertz CT molecular complexity index is 436. The third kappa shape index (κ3) is 3.10. The van der Waals surface area contributed by atoms with Gasteiger partial charge in [0.15, 0.2) is 0 Å². The summed E-state index contributed by atoms with van der Waals surface area (Å²) in [6.45, 7) is 11.9. The molecule has 0 radical (unpaired) electrons. The maximum atomic E-state index is 4.56. The molecule has 0 aliphatic carbocycles. The van der Waals surface area contributed by atoms with Crippen molar-refractivity contribution in [1.29, 1.82) is 0 Å². The van der Waals surface area contributed by atoms with Gasteiger partial charge in [0.2, 0.25) is 0 Å². The number of hydrogen-bond donors (Lipinski definition) is 0. The van der Waals surface area contributed by atoms with E-state index >= 15 is 0 Å². The van der Waals surface area contributed by atoms with Gasteiger partial charge in [-0.25, -0.2) is 0 Å².